The number of carbonyl (C=O) groups excluding carboxylic acids is 1. The third-order valence-corrected chi connectivity index (χ3v) is 5.51. The number of nitrogens with zero attached hydrogens (tertiary/aromatic N) is 2. The van der Waals surface area contributed by atoms with Gasteiger partial charge < -0.3 is 15.5 Å². The van der Waals surface area contributed by atoms with Crippen LogP contribution < -0.4 is 16.6 Å². The zero-order chi connectivity index (χ0) is 21.8. The fraction of sp³-hybridized carbons (Fsp3) is 0.429. The van der Waals surface area contributed by atoms with Gasteiger partial charge in [0.2, 0.25) is 5.88 Å². The van der Waals surface area contributed by atoms with Crippen LogP contribution in [0.15, 0.2) is 33.9 Å². The lowest BCUT2D eigenvalue weighted by Crippen LogP contribution is -2.47. The summed E-state index contributed by atoms with van der Waals surface area (Å²) >= 11 is 0. The van der Waals surface area contributed by atoms with Crippen LogP contribution >= 0.6 is 0 Å². The minimum absolute atomic E-state index is 0.0243. The van der Waals surface area contributed by atoms with Gasteiger partial charge in [0, 0.05) is 6.04 Å². The van der Waals surface area contributed by atoms with E-state index in [1.165, 1.54) is 0 Å². The SMILES string of the molecule is Cc1ccccc1Cn1c(O)c(C(=O)NCC(=O)O)c(=O)n(C2CCCCC2)c1=O. The topological polar surface area (TPSA) is 131 Å². The highest BCUT2D eigenvalue weighted by atomic mass is 16.4. The van der Waals surface area contributed by atoms with E-state index in [9.17, 15) is 24.3 Å². The summed E-state index contributed by atoms with van der Waals surface area (Å²) in [4.78, 5) is 49.6. The van der Waals surface area contributed by atoms with Crippen molar-refractivity contribution in [1.29, 1.82) is 0 Å². The smallest absolute Gasteiger partial charge is 0.334 e. The molecule has 0 unspecified atom stereocenters. The number of carboxylic acids is 1. The number of aliphatic carboxylic acids is 1. The van der Waals surface area contributed by atoms with Gasteiger partial charge >= 0.3 is 11.7 Å². The number of carbonyl (C=O) groups is 2. The monoisotopic (exact) mass is 415 g/mol. The summed E-state index contributed by atoms with van der Waals surface area (Å²) in [5.74, 6) is -3.07. The van der Waals surface area contributed by atoms with E-state index in [4.69, 9.17) is 5.11 Å². The Morgan fingerprint density at radius 3 is 2.43 bits per heavy atom. The van der Waals surface area contributed by atoms with E-state index in [1.54, 1.807) is 12.1 Å². The average Bonchev–Trinajstić information content (AvgIpc) is 2.71. The second-order valence-electron chi connectivity index (χ2n) is 7.54. The summed E-state index contributed by atoms with van der Waals surface area (Å²) < 4.78 is 2.06. The lowest BCUT2D eigenvalue weighted by Gasteiger charge is -2.25. The van der Waals surface area contributed by atoms with Crippen molar-refractivity contribution in [2.45, 2.75) is 51.6 Å². The van der Waals surface area contributed by atoms with E-state index in [0.29, 0.717) is 12.8 Å². The van der Waals surface area contributed by atoms with Crippen molar-refractivity contribution in [3.05, 3.63) is 61.8 Å². The first-order chi connectivity index (χ1) is 14.3. The number of hydrogen-bond donors (Lipinski definition) is 3. The highest BCUT2D eigenvalue weighted by molar-refractivity contribution is 5.97. The number of carboxylic acid groups (broad SMARTS) is 1. The number of rotatable bonds is 6. The van der Waals surface area contributed by atoms with Crippen LogP contribution in [0.5, 0.6) is 5.88 Å². The maximum Gasteiger partial charge on any atom is 0.334 e. The zero-order valence-electron chi connectivity index (χ0n) is 16.8. The van der Waals surface area contributed by atoms with Crippen molar-refractivity contribution in [3.8, 4) is 5.88 Å². The highest BCUT2D eigenvalue weighted by Gasteiger charge is 2.28. The number of aryl methyl sites for hydroxylation is 1. The number of nitrogens with one attached hydrogen (secondary N) is 1. The molecule has 1 heterocycles. The minimum atomic E-state index is -1.29. The van der Waals surface area contributed by atoms with Gasteiger partial charge in [-0.1, -0.05) is 43.5 Å². The summed E-state index contributed by atoms with van der Waals surface area (Å²) in [6.45, 7) is 1.12. The molecule has 1 aromatic carbocycles. The van der Waals surface area contributed by atoms with Gasteiger partial charge in [-0.3, -0.25) is 23.5 Å². The van der Waals surface area contributed by atoms with Crippen molar-refractivity contribution in [1.82, 2.24) is 14.5 Å². The molecular weight excluding hydrogens is 390 g/mol. The molecule has 160 valence electrons. The fourth-order valence-electron chi connectivity index (χ4n) is 3.86. The van der Waals surface area contributed by atoms with Crippen molar-refractivity contribution in [2.75, 3.05) is 6.54 Å². The van der Waals surface area contributed by atoms with Gasteiger partial charge in [-0.2, -0.15) is 0 Å². The second kappa shape index (κ2) is 8.98. The molecule has 1 aliphatic rings. The third-order valence-electron chi connectivity index (χ3n) is 5.51. The Morgan fingerprint density at radius 2 is 1.80 bits per heavy atom. The normalized spacial score (nSPS) is 14.4. The van der Waals surface area contributed by atoms with Crippen LogP contribution in [0.2, 0.25) is 0 Å². The highest BCUT2D eigenvalue weighted by Crippen LogP contribution is 2.27. The van der Waals surface area contributed by atoms with Gasteiger partial charge in [0.15, 0.2) is 5.56 Å². The van der Waals surface area contributed by atoms with Gasteiger partial charge in [-0.25, -0.2) is 4.79 Å². The van der Waals surface area contributed by atoms with Crippen LogP contribution in [0, 0.1) is 6.92 Å². The van der Waals surface area contributed by atoms with Gasteiger partial charge in [0.05, 0.1) is 6.54 Å². The molecule has 1 saturated carbocycles. The summed E-state index contributed by atoms with van der Waals surface area (Å²) in [5, 5.41) is 21.6. The predicted molar refractivity (Wildman–Crippen MR) is 109 cm³/mol. The lowest BCUT2D eigenvalue weighted by molar-refractivity contribution is -0.135. The largest absolute Gasteiger partial charge is 0.494 e. The van der Waals surface area contributed by atoms with Crippen LogP contribution in [-0.2, 0) is 11.3 Å². The third kappa shape index (κ3) is 4.29. The summed E-state index contributed by atoms with van der Waals surface area (Å²) in [6.07, 6.45) is 3.97. The van der Waals surface area contributed by atoms with E-state index in [1.807, 2.05) is 19.1 Å². The molecule has 2 aromatic rings. The first-order valence-electron chi connectivity index (χ1n) is 9.94. The number of hydrogen-bond acceptors (Lipinski definition) is 5. The minimum Gasteiger partial charge on any atom is -0.494 e. The first kappa shape index (κ1) is 21.4. The Hall–Kier alpha value is -3.36. The molecular formula is C21H25N3O6. The van der Waals surface area contributed by atoms with E-state index in [-0.39, 0.29) is 12.6 Å². The summed E-state index contributed by atoms with van der Waals surface area (Å²) in [5.41, 5.74) is -0.553. The van der Waals surface area contributed by atoms with Crippen molar-refractivity contribution in [2.24, 2.45) is 0 Å². The maximum absolute atomic E-state index is 13.2. The van der Waals surface area contributed by atoms with Crippen LogP contribution in [0.3, 0.4) is 0 Å². The molecule has 0 bridgehead atoms. The molecule has 1 aromatic heterocycles. The second-order valence-corrected chi connectivity index (χ2v) is 7.54. The molecule has 30 heavy (non-hydrogen) atoms. The van der Waals surface area contributed by atoms with Crippen LogP contribution in [0.25, 0.3) is 0 Å². The summed E-state index contributed by atoms with van der Waals surface area (Å²) in [7, 11) is 0. The molecule has 1 amide bonds. The summed E-state index contributed by atoms with van der Waals surface area (Å²) in [6, 6.07) is 6.92. The molecule has 0 saturated heterocycles. The quantitative estimate of drug-likeness (QED) is 0.654. The lowest BCUT2D eigenvalue weighted by atomic mass is 9.95. The Morgan fingerprint density at radius 1 is 1.13 bits per heavy atom. The Labute approximate surface area is 172 Å². The van der Waals surface area contributed by atoms with E-state index >= 15 is 0 Å². The van der Waals surface area contributed by atoms with Gasteiger partial charge in [-0.05, 0) is 30.9 Å². The molecule has 3 N–H and O–H groups in total. The van der Waals surface area contributed by atoms with Gasteiger partial charge in [0.25, 0.3) is 11.5 Å². The molecule has 1 fully saturated rings. The molecule has 0 radical (unpaired) electrons. The van der Waals surface area contributed by atoms with E-state index < -0.39 is 41.1 Å². The average molecular weight is 415 g/mol. The molecule has 1 aliphatic carbocycles. The Balaban J connectivity index is 2.17. The first-order valence-corrected chi connectivity index (χ1v) is 9.94. The Bertz CT molecular complexity index is 1080. The molecule has 3 rings (SSSR count). The Kier molecular flexibility index (Phi) is 6.39. The van der Waals surface area contributed by atoms with Crippen LogP contribution in [0.4, 0.5) is 0 Å². The van der Waals surface area contributed by atoms with Crippen LogP contribution in [-0.4, -0.2) is 37.8 Å². The molecule has 9 nitrogen and oxygen atoms in total. The molecule has 0 aliphatic heterocycles. The molecule has 0 atom stereocenters. The van der Waals surface area contributed by atoms with Crippen molar-refractivity contribution < 1.29 is 19.8 Å². The van der Waals surface area contributed by atoms with Crippen molar-refractivity contribution >= 4 is 11.9 Å². The van der Waals surface area contributed by atoms with Gasteiger partial charge in [-0.15, -0.1) is 0 Å². The van der Waals surface area contributed by atoms with E-state index in [2.05, 4.69) is 5.32 Å². The predicted octanol–water partition coefficient (Wildman–Crippen LogP) is 1.39. The van der Waals surface area contributed by atoms with Crippen molar-refractivity contribution in [3.63, 3.8) is 0 Å². The molecule has 9 heteroatoms. The zero-order valence-corrected chi connectivity index (χ0v) is 16.8. The van der Waals surface area contributed by atoms with Crippen LogP contribution in [0.1, 0.15) is 59.6 Å². The standard InChI is InChI=1S/C21H25N3O6/c1-13-7-5-6-8-14(13)12-23-19(28)17(18(27)22-11-16(25)26)20(29)24(21(23)30)15-9-3-2-4-10-15/h5-8,15,28H,2-4,9-12H2,1H3,(H,22,27)(H,25,26). The fourth-order valence-corrected chi connectivity index (χ4v) is 3.86. The maximum atomic E-state index is 13.2. The van der Waals surface area contributed by atoms with Gasteiger partial charge in [0.1, 0.15) is 6.54 Å². The molecule has 0 spiro atoms. The number of amides is 1. The number of aromatic nitrogens is 2. The number of aromatic hydroxyl groups is 1. The number of benzene rings is 1. The van der Waals surface area contributed by atoms with E-state index in [0.717, 1.165) is 39.5 Å².